The number of nitrogens with zero attached hydrogens (tertiary/aromatic N) is 1. The standard InChI is InChI=1S/C27H20Cl2F4IN3O3/c1-14-8-15(23-13-26(40-37-23,27(31,32)33)16-9-17(28)11-18(29)10-16)2-4-21(14)35-24(38)6-7-25(39)36-22-5-3-19(34)12-20(22)30/h2-5,8-12H,6-7,13H2,1H3,(H,35,38)(H,36,39). The van der Waals surface area contributed by atoms with E-state index in [0.29, 0.717) is 20.4 Å². The number of anilines is 2. The third-order valence-electron chi connectivity index (χ3n) is 6.13. The highest BCUT2D eigenvalue weighted by atomic mass is 127. The molecule has 6 nitrogen and oxygen atoms in total. The van der Waals surface area contributed by atoms with Crippen LogP contribution in [0.25, 0.3) is 0 Å². The number of hydrogen-bond acceptors (Lipinski definition) is 4. The average Bonchev–Trinajstić information content (AvgIpc) is 3.32. The highest BCUT2D eigenvalue weighted by molar-refractivity contribution is 14.1. The van der Waals surface area contributed by atoms with Crippen molar-refractivity contribution in [3.8, 4) is 0 Å². The lowest BCUT2D eigenvalue weighted by molar-refractivity contribution is -0.275. The summed E-state index contributed by atoms with van der Waals surface area (Å²) in [4.78, 5) is 29.6. The largest absolute Gasteiger partial charge is 0.435 e. The number of carbonyl (C=O) groups is 2. The number of hydrogen-bond donors (Lipinski definition) is 2. The molecule has 210 valence electrons. The molecule has 1 unspecified atom stereocenters. The van der Waals surface area contributed by atoms with Crippen molar-refractivity contribution in [1.29, 1.82) is 0 Å². The fourth-order valence-electron chi connectivity index (χ4n) is 4.07. The van der Waals surface area contributed by atoms with Crippen LogP contribution >= 0.6 is 45.8 Å². The molecule has 4 rings (SSSR count). The topological polar surface area (TPSA) is 79.8 Å². The second kappa shape index (κ2) is 11.9. The summed E-state index contributed by atoms with van der Waals surface area (Å²) in [6, 6.07) is 12.5. The van der Waals surface area contributed by atoms with E-state index in [2.05, 4.69) is 15.8 Å². The van der Waals surface area contributed by atoms with Crippen LogP contribution in [0.4, 0.5) is 28.9 Å². The molecule has 0 aromatic heterocycles. The minimum absolute atomic E-state index is 0.0177. The van der Waals surface area contributed by atoms with Gasteiger partial charge in [0.2, 0.25) is 11.8 Å². The number of carbonyl (C=O) groups excluding carboxylic acids is 2. The van der Waals surface area contributed by atoms with Gasteiger partial charge in [-0.25, -0.2) is 4.39 Å². The Morgan fingerprint density at radius 2 is 1.57 bits per heavy atom. The zero-order valence-electron chi connectivity index (χ0n) is 20.6. The third kappa shape index (κ3) is 6.69. The van der Waals surface area contributed by atoms with Crippen LogP contribution in [0.5, 0.6) is 0 Å². The molecule has 1 aliphatic heterocycles. The number of alkyl halides is 3. The molecule has 1 atom stereocenters. The van der Waals surface area contributed by atoms with Gasteiger partial charge in [-0.2, -0.15) is 13.2 Å². The minimum atomic E-state index is -4.83. The zero-order valence-corrected chi connectivity index (χ0v) is 24.3. The van der Waals surface area contributed by atoms with Gasteiger partial charge in [-0.15, -0.1) is 0 Å². The Hall–Kier alpha value is -2.90. The van der Waals surface area contributed by atoms with Crippen LogP contribution in [0.3, 0.4) is 0 Å². The molecule has 0 fully saturated rings. The van der Waals surface area contributed by atoms with Crippen molar-refractivity contribution < 1.29 is 32.0 Å². The SMILES string of the molecule is Cc1cc(C2=NOC(c3cc(Cl)cc(Cl)c3)(C(F)(F)F)C2)ccc1NC(=O)CCC(=O)Nc1ccc(I)cc1F. The molecule has 0 aliphatic carbocycles. The number of aryl methyl sites for hydroxylation is 1. The van der Waals surface area contributed by atoms with Gasteiger partial charge in [-0.05, 0) is 89.2 Å². The van der Waals surface area contributed by atoms with Gasteiger partial charge in [-0.1, -0.05) is 34.4 Å². The molecule has 13 heteroatoms. The Morgan fingerprint density at radius 3 is 2.15 bits per heavy atom. The van der Waals surface area contributed by atoms with E-state index in [1.165, 1.54) is 30.3 Å². The van der Waals surface area contributed by atoms with E-state index >= 15 is 0 Å². The zero-order chi connectivity index (χ0) is 29.2. The Labute approximate surface area is 250 Å². The molecule has 0 saturated heterocycles. The fraction of sp³-hybridized carbons (Fsp3) is 0.222. The molecule has 1 heterocycles. The highest BCUT2D eigenvalue weighted by Crippen LogP contribution is 2.49. The Balaban J connectivity index is 1.41. The molecule has 2 N–H and O–H groups in total. The van der Waals surface area contributed by atoms with E-state index in [9.17, 15) is 27.2 Å². The van der Waals surface area contributed by atoms with Crippen LogP contribution in [0.2, 0.25) is 10.0 Å². The van der Waals surface area contributed by atoms with Gasteiger partial charge in [0.25, 0.3) is 5.60 Å². The van der Waals surface area contributed by atoms with Gasteiger partial charge < -0.3 is 15.5 Å². The van der Waals surface area contributed by atoms with Crippen molar-refractivity contribution in [3.63, 3.8) is 0 Å². The molecular weight excluding hydrogens is 688 g/mol. The van der Waals surface area contributed by atoms with E-state index in [1.807, 2.05) is 22.6 Å². The minimum Gasteiger partial charge on any atom is -0.374 e. The molecule has 2 amide bonds. The van der Waals surface area contributed by atoms with Crippen molar-refractivity contribution in [1.82, 2.24) is 0 Å². The first-order valence-electron chi connectivity index (χ1n) is 11.7. The third-order valence-corrected chi connectivity index (χ3v) is 7.24. The molecule has 0 saturated carbocycles. The summed E-state index contributed by atoms with van der Waals surface area (Å²) >= 11 is 13.8. The summed E-state index contributed by atoms with van der Waals surface area (Å²) in [5, 5.41) is 8.89. The molecule has 40 heavy (non-hydrogen) atoms. The highest BCUT2D eigenvalue weighted by Gasteiger charge is 2.62. The van der Waals surface area contributed by atoms with Gasteiger partial charge in [-0.3, -0.25) is 9.59 Å². The summed E-state index contributed by atoms with van der Waals surface area (Å²) in [7, 11) is 0. The molecule has 1 aliphatic rings. The van der Waals surface area contributed by atoms with Crippen molar-refractivity contribution in [2.24, 2.45) is 5.16 Å². The Morgan fingerprint density at radius 1 is 0.975 bits per heavy atom. The molecule has 0 spiro atoms. The van der Waals surface area contributed by atoms with Crippen molar-refractivity contribution >= 4 is 74.7 Å². The van der Waals surface area contributed by atoms with Gasteiger partial charge in [0.1, 0.15) is 5.82 Å². The second-order valence-corrected chi connectivity index (χ2v) is 11.2. The van der Waals surface area contributed by atoms with E-state index in [-0.39, 0.29) is 39.8 Å². The van der Waals surface area contributed by atoms with Crippen LogP contribution in [0, 0.1) is 16.3 Å². The number of halogens is 7. The monoisotopic (exact) mass is 707 g/mol. The van der Waals surface area contributed by atoms with Crippen LogP contribution in [-0.4, -0.2) is 23.7 Å². The number of benzene rings is 3. The first-order valence-corrected chi connectivity index (χ1v) is 13.5. The van der Waals surface area contributed by atoms with Crippen LogP contribution in [-0.2, 0) is 20.0 Å². The molecule has 0 bridgehead atoms. The summed E-state index contributed by atoms with van der Waals surface area (Å²) in [6.45, 7) is 1.66. The number of oxime groups is 1. The van der Waals surface area contributed by atoms with Crippen LogP contribution < -0.4 is 10.6 Å². The van der Waals surface area contributed by atoms with Gasteiger partial charge in [0.05, 0.1) is 11.4 Å². The molecular formula is C27H20Cl2F4IN3O3. The maximum absolute atomic E-state index is 14.2. The Kier molecular flexibility index (Phi) is 8.96. The lowest BCUT2D eigenvalue weighted by Crippen LogP contribution is -2.42. The van der Waals surface area contributed by atoms with Crippen LogP contribution in [0.1, 0.15) is 36.0 Å². The van der Waals surface area contributed by atoms with Gasteiger partial charge in [0, 0.05) is 44.1 Å². The summed E-state index contributed by atoms with van der Waals surface area (Å²) in [5.74, 6) is -1.58. The maximum Gasteiger partial charge on any atom is 0.435 e. The number of rotatable bonds is 7. The Bertz CT molecular complexity index is 1500. The lowest BCUT2D eigenvalue weighted by Gasteiger charge is -2.29. The van der Waals surface area contributed by atoms with E-state index in [0.717, 1.165) is 12.1 Å². The number of amides is 2. The van der Waals surface area contributed by atoms with Gasteiger partial charge >= 0.3 is 6.18 Å². The van der Waals surface area contributed by atoms with Crippen LogP contribution in [0.15, 0.2) is 59.8 Å². The van der Waals surface area contributed by atoms with E-state index in [4.69, 9.17) is 28.0 Å². The maximum atomic E-state index is 14.2. The van der Waals surface area contributed by atoms with Crippen molar-refractivity contribution in [3.05, 3.63) is 90.7 Å². The predicted molar refractivity (Wildman–Crippen MR) is 153 cm³/mol. The summed E-state index contributed by atoms with van der Waals surface area (Å²) < 4.78 is 57.3. The van der Waals surface area contributed by atoms with Crippen molar-refractivity contribution in [2.45, 2.75) is 38.0 Å². The predicted octanol–water partition coefficient (Wildman–Crippen LogP) is 7.99. The van der Waals surface area contributed by atoms with E-state index in [1.54, 1.807) is 19.1 Å². The average molecular weight is 708 g/mol. The summed E-state index contributed by atoms with van der Waals surface area (Å²) in [5.41, 5.74) is -1.65. The fourth-order valence-corrected chi connectivity index (χ4v) is 5.05. The normalized spacial score (nSPS) is 16.8. The lowest BCUT2D eigenvalue weighted by atomic mass is 9.86. The number of nitrogens with one attached hydrogen (secondary N) is 2. The summed E-state index contributed by atoms with van der Waals surface area (Å²) in [6.07, 6.45) is -5.80. The quantitative estimate of drug-likeness (QED) is 0.193. The smallest absolute Gasteiger partial charge is 0.374 e. The first kappa shape index (κ1) is 30.1. The molecule has 0 radical (unpaired) electrons. The van der Waals surface area contributed by atoms with Crippen molar-refractivity contribution in [2.75, 3.05) is 10.6 Å². The first-order chi connectivity index (χ1) is 18.8. The van der Waals surface area contributed by atoms with E-state index < -0.39 is 35.8 Å². The van der Waals surface area contributed by atoms with Gasteiger partial charge in [0.15, 0.2) is 0 Å². The molecule has 3 aromatic carbocycles. The molecule has 3 aromatic rings. The second-order valence-electron chi connectivity index (χ2n) is 9.04.